The maximum absolute atomic E-state index is 12.9. The molecule has 1 aromatic carbocycles. The Kier molecular flexibility index (Phi) is 5.09. The van der Waals surface area contributed by atoms with Crippen LogP contribution >= 0.6 is 12.2 Å². The number of rotatable bonds is 5. The first-order valence-electron chi connectivity index (χ1n) is 9.29. The van der Waals surface area contributed by atoms with Crippen LogP contribution in [0.25, 0.3) is 0 Å². The Morgan fingerprint density at radius 1 is 1.21 bits per heavy atom. The standard InChI is InChI=1S/C18H22N6O2S2/c1-14-20-23(18(27)24(14)16-6-7-16)13-21-8-10-22(11-9-21)28(25,26)17-5-3-2-4-15(17)12-19/h2-5,16H,6-11,13H2,1H3. The van der Waals surface area contributed by atoms with Gasteiger partial charge in [-0.05, 0) is 44.1 Å². The molecule has 1 saturated heterocycles. The van der Waals surface area contributed by atoms with Crippen molar-refractivity contribution in [3.63, 3.8) is 0 Å². The predicted molar refractivity (Wildman–Crippen MR) is 106 cm³/mol. The third kappa shape index (κ3) is 3.51. The van der Waals surface area contributed by atoms with E-state index in [0.29, 0.717) is 38.9 Å². The Bertz CT molecular complexity index is 1090. The lowest BCUT2D eigenvalue weighted by atomic mass is 10.2. The molecule has 4 rings (SSSR count). The summed E-state index contributed by atoms with van der Waals surface area (Å²) < 4.78 is 32.0. The molecule has 0 radical (unpaired) electrons. The van der Waals surface area contributed by atoms with Crippen LogP contribution in [0.4, 0.5) is 0 Å². The molecule has 0 unspecified atom stereocenters. The molecule has 1 aliphatic heterocycles. The van der Waals surface area contributed by atoms with Crippen LogP contribution in [0.5, 0.6) is 0 Å². The van der Waals surface area contributed by atoms with Crippen molar-refractivity contribution in [3.05, 3.63) is 40.4 Å². The fourth-order valence-corrected chi connectivity index (χ4v) is 5.54. The van der Waals surface area contributed by atoms with Crippen molar-refractivity contribution < 1.29 is 8.42 Å². The summed E-state index contributed by atoms with van der Waals surface area (Å²) in [5, 5.41) is 13.8. The van der Waals surface area contributed by atoms with Gasteiger partial charge in [0.25, 0.3) is 0 Å². The molecule has 2 aliphatic rings. The van der Waals surface area contributed by atoms with Gasteiger partial charge < -0.3 is 4.57 Å². The zero-order chi connectivity index (χ0) is 19.9. The van der Waals surface area contributed by atoms with Crippen LogP contribution in [0.3, 0.4) is 0 Å². The van der Waals surface area contributed by atoms with Gasteiger partial charge in [0, 0.05) is 32.2 Å². The molecular formula is C18H22N6O2S2. The lowest BCUT2D eigenvalue weighted by molar-refractivity contribution is 0.144. The van der Waals surface area contributed by atoms with Crippen molar-refractivity contribution in [2.75, 3.05) is 26.2 Å². The molecule has 8 nitrogen and oxygen atoms in total. The number of aromatic nitrogens is 3. The summed E-state index contributed by atoms with van der Waals surface area (Å²) in [4.78, 5) is 2.23. The predicted octanol–water partition coefficient (Wildman–Crippen LogP) is 1.89. The maximum Gasteiger partial charge on any atom is 0.244 e. The van der Waals surface area contributed by atoms with Crippen LogP contribution in [0.1, 0.15) is 30.3 Å². The summed E-state index contributed by atoms with van der Waals surface area (Å²) in [5.41, 5.74) is 0.178. The van der Waals surface area contributed by atoms with Gasteiger partial charge in [0.15, 0.2) is 4.77 Å². The zero-order valence-corrected chi connectivity index (χ0v) is 17.3. The first-order chi connectivity index (χ1) is 13.4. The first-order valence-corrected chi connectivity index (χ1v) is 11.1. The van der Waals surface area contributed by atoms with Gasteiger partial charge in [0.2, 0.25) is 10.0 Å². The SMILES string of the molecule is Cc1nn(CN2CCN(S(=O)(=O)c3ccccc3C#N)CC2)c(=S)n1C1CC1. The fraction of sp³-hybridized carbons (Fsp3) is 0.500. The molecular weight excluding hydrogens is 396 g/mol. The number of hydrogen-bond donors (Lipinski definition) is 0. The minimum absolute atomic E-state index is 0.0759. The van der Waals surface area contributed by atoms with Crippen LogP contribution in [-0.4, -0.2) is 58.1 Å². The Labute approximate surface area is 169 Å². The van der Waals surface area contributed by atoms with Crippen molar-refractivity contribution in [2.24, 2.45) is 0 Å². The summed E-state index contributed by atoms with van der Waals surface area (Å²) in [7, 11) is -3.68. The van der Waals surface area contributed by atoms with Gasteiger partial charge >= 0.3 is 0 Å². The van der Waals surface area contributed by atoms with Crippen molar-refractivity contribution in [3.8, 4) is 6.07 Å². The average molecular weight is 419 g/mol. The maximum atomic E-state index is 12.9. The van der Waals surface area contributed by atoms with Crippen LogP contribution in [-0.2, 0) is 16.7 Å². The highest BCUT2D eigenvalue weighted by Gasteiger charge is 2.31. The van der Waals surface area contributed by atoms with E-state index in [1.165, 1.54) is 16.4 Å². The molecule has 2 fully saturated rings. The van der Waals surface area contributed by atoms with Crippen molar-refractivity contribution in [1.29, 1.82) is 5.26 Å². The Morgan fingerprint density at radius 2 is 1.89 bits per heavy atom. The number of aryl methyl sites for hydroxylation is 1. The van der Waals surface area contributed by atoms with Gasteiger partial charge in [-0.2, -0.15) is 14.7 Å². The fourth-order valence-electron chi connectivity index (χ4n) is 3.60. The molecule has 0 atom stereocenters. The monoisotopic (exact) mass is 418 g/mol. The second-order valence-electron chi connectivity index (χ2n) is 7.20. The summed E-state index contributed by atoms with van der Waals surface area (Å²) in [6.45, 7) is 4.45. The molecule has 0 bridgehead atoms. The molecule has 1 saturated carbocycles. The van der Waals surface area contributed by atoms with Gasteiger partial charge in [0.1, 0.15) is 11.9 Å². The number of benzene rings is 1. The highest BCUT2D eigenvalue weighted by Crippen LogP contribution is 2.36. The Balaban J connectivity index is 1.45. The molecule has 2 aromatic rings. The van der Waals surface area contributed by atoms with Crippen LogP contribution in [0.2, 0.25) is 0 Å². The molecule has 0 N–H and O–H groups in total. The van der Waals surface area contributed by atoms with Crippen LogP contribution in [0.15, 0.2) is 29.2 Å². The molecule has 28 heavy (non-hydrogen) atoms. The third-order valence-corrected chi connectivity index (χ3v) is 7.61. The van der Waals surface area contributed by atoms with E-state index >= 15 is 0 Å². The van der Waals surface area contributed by atoms with Crippen molar-refractivity contribution in [1.82, 2.24) is 23.6 Å². The number of nitriles is 1. The van der Waals surface area contributed by atoms with Gasteiger partial charge in [-0.15, -0.1) is 0 Å². The highest BCUT2D eigenvalue weighted by molar-refractivity contribution is 7.89. The molecule has 1 aliphatic carbocycles. The van der Waals surface area contributed by atoms with Crippen molar-refractivity contribution in [2.45, 2.75) is 37.4 Å². The molecule has 148 valence electrons. The van der Waals surface area contributed by atoms with Gasteiger partial charge in [0.05, 0.1) is 17.1 Å². The second-order valence-corrected chi connectivity index (χ2v) is 9.47. The van der Waals surface area contributed by atoms with E-state index in [2.05, 4.69) is 14.6 Å². The minimum Gasteiger partial charge on any atom is -0.301 e. The average Bonchev–Trinajstić information content (AvgIpc) is 3.48. The summed E-state index contributed by atoms with van der Waals surface area (Å²) in [6, 6.07) is 8.79. The molecule has 0 spiro atoms. The third-order valence-electron chi connectivity index (χ3n) is 5.24. The minimum atomic E-state index is -3.68. The second kappa shape index (κ2) is 7.40. The smallest absolute Gasteiger partial charge is 0.244 e. The summed E-state index contributed by atoms with van der Waals surface area (Å²) >= 11 is 5.57. The lowest BCUT2D eigenvalue weighted by Gasteiger charge is -2.33. The van der Waals surface area contributed by atoms with Crippen LogP contribution < -0.4 is 0 Å². The quantitative estimate of drug-likeness (QED) is 0.689. The van der Waals surface area contributed by atoms with Crippen molar-refractivity contribution >= 4 is 22.2 Å². The number of sulfonamides is 1. The largest absolute Gasteiger partial charge is 0.301 e. The normalized spacial score (nSPS) is 18.9. The molecule has 0 amide bonds. The van der Waals surface area contributed by atoms with E-state index in [4.69, 9.17) is 12.2 Å². The van der Waals surface area contributed by atoms with Crippen LogP contribution in [0, 0.1) is 23.0 Å². The topological polar surface area (TPSA) is 87.2 Å². The Hall–Kier alpha value is -2.06. The Morgan fingerprint density at radius 3 is 2.54 bits per heavy atom. The van der Waals surface area contributed by atoms with E-state index in [9.17, 15) is 13.7 Å². The summed E-state index contributed by atoms with van der Waals surface area (Å²) in [6.07, 6.45) is 2.31. The van der Waals surface area contributed by atoms with E-state index in [1.807, 2.05) is 17.7 Å². The van der Waals surface area contributed by atoms with E-state index in [-0.39, 0.29) is 10.5 Å². The van der Waals surface area contributed by atoms with E-state index < -0.39 is 10.0 Å². The van der Waals surface area contributed by atoms with Gasteiger partial charge in [-0.1, -0.05) is 12.1 Å². The van der Waals surface area contributed by atoms with E-state index in [0.717, 1.165) is 23.4 Å². The van der Waals surface area contributed by atoms with Gasteiger partial charge in [-0.3, -0.25) is 4.90 Å². The number of nitrogens with zero attached hydrogens (tertiary/aromatic N) is 6. The van der Waals surface area contributed by atoms with E-state index in [1.54, 1.807) is 12.1 Å². The molecule has 2 heterocycles. The lowest BCUT2D eigenvalue weighted by Crippen LogP contribution is -2.49. The zero-order valence-electron chi connectivity index (χ0n) is 15.7. The first kappa shape index (κ1) is 19.3. The highest BCUT2D eigenvalue weighted by atomic mass is 32.2. The number of hydrogen-bond acceptors (Lipinski definition) is 6. The molecule has 1 aromatic heterocycles. The van der Waals surface area contributed by atoms with Gasteiger partial charge in [-0.25, -0.2) is 13.1 Å². The number of piperazine rings is 1. The summed E-state index contributed by atoms with van der Waals surface area (Å²) in [5.74, 6) is 0.932. The molecule has 10 heteroatoms.